The number of nitrogens with one attached hydrogen (secondary N) is 1. The summed E-state index contributed by atoms with van der Waals surface area (Å²) in [4.78, 5) is 25.0. The fourth-order valence-corrected chi connectivity index (χ4v) is 5.12. The number of amides is 1. The summed E-state index contributed by atoms with van der Waals surface area (Å²) in [6.45, 7) is 5.10. The maximum Gasteiger partial charge on any atom is 0.341 e. The molecule has 0 atom stereocenters. The molecule has 1 N–H and O–H groups in total. The van der Waals surface area contributed by atoms with Crippen LogP contribution in [0.2, 0.25) is 0 Å². The maximum absolute atomic E-state index is 12.8. The molecule has 2 aromatic carbocycles. The maximum atomic E-state index is 12.8. The molecule has 0 radical (unpaired) electrons. The average Bonchev–Trinajstić information content (AvgIpc) is 3.26. The lowest BCUT2D eigenvalue weighted by Crippen LogP contribution is -2.40. The zero-order valence-electron chi connectivity index (χ0n) is 19.4. The molecule has 1 fully saturated rings. The number of nitrogens with zero attached hydrogens (tertiary/aromatic N) is 3. The smallest absolute Gasteiger partial charge is 0.341 e. The summed E-state index contributed by atoms with van der Waals surface area (Å²) in [5.74, 6) is -0.832. The third-order valence-corrected chi connectivity index (χ3v) is 7.49. The molecule has 1 aliphatic heterocycles. The monoisotopic (exact) mass is 498 g/mol. The van der Waals surface area contributed by atoms with Crippen molar-refractivity contribution in [3.05, 3.63) is 71.5 Å². The van der Waals surface area contributed by atoms with Gasteiger partial charge in [-0.25, -0.2) is 17.9 Å². The fraction of sp³-hybridized carbons (Fsp3) is 0.292. The molecule has 0 saturated carbocycles. The Bertz CT molecular complexity index is 1330. The van der Waals surface area contributed by atoms with Crippen molar-refractivity contribution in [3.63, 3.8) is 0 Å². The van der Waals surface area contributed by atoms with Crippen LogP contribution >= 0.6 is 0 Å². The zero-order valence-corrected chi connectivity index (χ0v) is 20.2. The van der Waals surface area contributed by atoms with Crippen LogP contribution in [0.4, 0.5) is 5.69 Å². The van der Waals surface area contributed by atoms with Gasteiger partial charge in [-0.3, -0.25) is 4.79 Å². The second kappa shape index (κ2) is 10.4. The molecule has 11 heteroatoms. The molecule has 4 rings (SSSR count). The van der Waals surface area contributed by atoms with Gasteiger partial charge in [0.1, 0.15) is 5.56 Å². The molecule has 1 aliphatic rings. The predicted molar refractivity (Wildman–Crippen MR) is 128 cm³/mol. The number of ether oxygens (including phenoxy) is 2. The number of hydrogen-bond donors (Lipinski definition) is 1. The molecule has 0 bridgehead atoms. The van der Waals surface area contributed by atoms with Crippen LogP contribution in [-0.4, -0.2) is 67.3 Å². The molecule has 0 spiro atoms. The van der Waals surface area contributed by atoms with Crippen molar-refractivity contribution >= 4 is 27.6 Å². The minimum atomic E-state index is -3.63. The highest BCUT2D eigenvalue weighted by atomic mass is 32.2. The normalized spacial score (nSPS) is 14.5. The van der Waals surface area contributed by atoms with Crippen molar-refractivity contribution < 1.29 is 27.5 Å². The van der Waals surface area contributed by atoms with Gasteiger partial charge in [0.05, 0.1) is 42.3 Å². The summed E-state index contributed by atoms with van der Waals surface area (Å²) in [5.41, 5.74) is 2.47. The Hall–Kier alpha value is -3.54. The van der Waals surface area contributed by atoms with E-state index in [1.165, 1.54) is 34.8 Å². The number of sulfonamides is 1. The third kappa shape index (κ3) is 5.26. The lowest BCUT2D eigenvalue weighted by Gasteiger charge is -2.26. The lowest BCUT2D eigenvalue weighted by atomic mass is 10.2. The Balaban J connectivity index is 1.48. The van der Waals surface area contributed by atoms with Crippen LogP contribution in [-0.2, 0) is 19.5 Å². The highest BCUT2D eigenvalue weighted by molar-refractivity contribution is 7.89. The Morgan fingerprint density at radius 2 is 1.83 bits per heavy atom. The van der Waals surface area contributed by atoms with E-state index in [1.54, 1.807) is 42.8 Å². The van der Waals surface area contributed by atoms with Gasteiger partial charge in [0, 0.05) is 24.3 Å². The molecule has 1 saturated heterocycles. The van der Waals surface area contributed by atoms with Crippen molar-refractivity contribution in [2.45, 2.75) is 18.7 Å². The standard InChI is InChI=1S/C24H26N4O6S/c1-3-34-24(30)22-16-25-28(17(22)2)20-6-4-5-19(15-20)26-23(29)18-7-9-21(10-8-18)35(31,32)27-11-13-33-14-12-27/h4-10,15-16H,3,11-14H2,1-2H3,(H,26,29). The molecule has 1 aromatic heterocycles. The largest absolute Gasteiger partial charge is 0.462 e. The van der Waals surface area contributed by atoms with Gasteiger partial charge in [-0.15, -0.1) is 0 Å². The number of carbonyl (C=O) groups excluding carboxylic acids is 2. The van der Waals surface area contributed by atoms with Gasteiger partial charge in [0.25, 0.3) is 5.91 Å². The van der Waals surface area contributed by atoms with E-state index in [9.17, 15) is 18.0 Å². The van der Waals surface area contributed by atoms with E-state index in [-0.39, 0.29) is 17.4 Å². The molecule has 3 aromatic rings. The van der Waals surface area contributed by atoms with Crippen LogP contribution in [0.15, 0.2) is 59.6 Å². The van der Waals surface area contributed by atoms with E-state index in [4.69, 9.17) is 9.47 Å². The number of morpholine rings is 1. The van der Waals surface area contributed by atoms with Crippen molar-refractivity contribution in [1.82, 2.24) is 14.1 Å². The quantitative estimate of drug-likeness (QED) is 0.497. The van der Waals surface area contributed by atoms with Crippen molar-refractivity contribution in [1.29, 1.82) is 0 Å². The summed E-state index contributed by atoms with van der Waals surface area (Å²) in [5, 5.41) is 7.08. The number of rotatable bonds is 7. The van der Waals surface area contributed by atoms with Crippen molar-refractivity contribution in [2.24, 2.45) is 0 Å². The first-order valence-electron chi connectivity index (χ1n) is 11.1. The van der Waals surface area contributed by atoms with Crippen LogP contribution in [0.25, 0.3) is 5.69 Å². The fourth-order valence-electron chi connectivity index (χ4n) is 3.71. The molecular weight excluding hydrogens is 472 g/mol. The number of hydrogen-bond acceptors (Lipinski definition) is 7. The van der Waals surface area contributed by atoms with Gasteiger partial charge in [-0.2, -0.15) is 9.40 Å². The second-order valence-electron chi connectivity index (χ2n) is 7.82. The number of carbonyl (C=O) groups is 2. The predicted octanol–water partition coefficient (Wildman–Crippen LogP) is 2.63. The van der Waals surface area contributed by atoms with Crippen LogP contribution in [0.3, 0.4) is 0 Å². The molecule has 0 unspecified atom stereocenters. The summed E-state index contributed by atoms with van der Waals surface area (Å²) in [6, 6.07) is 12.8. The van der Waals surface area contributed by atoms with Gasteiger partial charge in [0.15, 0.2) is 0 Å². The Morgan fingerprint density at radius 1 is 1.11 bits per heavy atom. The SMILES string of the molecule is CCOC(=O)c1cnn(-c2cccc(NC(=O)c3ccc(S(=O)(=O)N4CCOCC4)cc3)c2)c1C. The Kier molecular flexibility index (Phi) is 7.29. The third-order valence-electron chi connectivity index (χ3n) is 5.58. The Morgan fingerprint density at radius 3 is 2.51 bits per heavy atom. The highest BCUT2D eigenvalue weighted by Crippen LogP contribution is 2.21. The highest BCUT2D eigenvalue weighted by Gasteiger charge is 2.26. The van der Waals surface area contributed by atoms with E-state index in [2.05, 4.69) is 10.4 Å². The van der Waals surface area contributed by atoms with Crippen LogP contribution in [0.5, 0.6) is 0 Å². The lowest BCUT2D eigenvalue weighted by molar-refractivity contribution is 0.0525. The van der Waals surface area contributed by atoms with E-state index >= 15 is 0 Å². The molecular formula is C24H26N4O6S. The number of benzene rings is 2. The minimum Gasteiger partial charge on any atom is -0.462 e. The van der Waals surface area contributed by atoms with Crippen molar-refractivity contribution in [3.8, 4) is 5.69 Å². The van der Waals surface area contributed by atoms with Gasteiger partial charge >= 0.3 is 5.97 Å². The average molecular weight is 499 g/mol. The van der Waals surface area contributed by atoms with E-state index in [0.717, 1.165) is 0 Å². The molecule has 10 nitrogen and oxygen atoms in total. The minimum absolute atomic E-state index is 0.129. The molecule has 35 heavy (non-hydrogen) atoms. The van der Waals surface area contributed by atoms with Gasteiger partial charge < -0.3 is 14.8 Å². The first-order chi connectivity index (χ1) is 16.8. The number of aromatic nitrogens is 2. The first kappa shape index (κ1) is 24.6. The second-order valence-corrected chi connectivity index (χ2v) is 9.76. The number of esters is 1. The van der Waals surface area contributed by atoms with Crippen molar-refractivity contribution in [2.75, 3.05) is 38.2 Å². The van der Waals surface area contributed by atoms with Gasteiger partial charge in [-0.1, -0.05) is 6.07 Å². The van der Waals surface area contributed by atoms with Crippen LogP contribution in [0, 0.1) is 6.92 Å². The zero-order chi connectivity index (χ0) is 25.0. The van der Waals surface area contributed by atoms with E-state index in [1.807, 2.05) is 0 Å². The first-order valence-corrected chi connectivity index (χ1v) is 12.6. The van der Waals surface area contributed by atoms with E-state index < -0.39 is 16.0 Å². The molecule has 2 heterocycles. The summed E-state index contributed by atoms with van der Waals surface area (Å²) in [7, 11) is -3.63. The van der Waals surface area contributed by atoms with Gasteiger partial charge in [-0.05, 0) is 56.3 Å². The van der Waals surface area contributed by atoms with E-state index in [0.29, 0.717) is 54.5 Å². The molecule has 184 valence electrons. The van der Waals surface area contributed by atoms with Crippen LogP contribution in [0.1, 0.15) is 33.3 Å². The Labute approximate surface area is 203 Å². The topological polar surface area (TPSA) is 120 Å². The summed E-state index contributed by atoms with van der Waals surface area (Å²) >= 11 is 0. The summed E-state index contributed by atoms with van der Waals surface area (Å²) < 4.78 is 38.8. The molecule has 0 aliphatic carbocycles. The number of anilines is 1. The molecule has 1 amide bonds. The van der Waals surface area contributed by atoms with Crippen LogP contribution < -0.4 is 5.32 Å². The summed E-state index contributed by atoms with van der Waals surface area (Å²) in [6.07, 6.45) is 1.45. The van der Waals surface area contributed by atoms with Gasteiger partial charge in [0.2, 0.25) is 10.0 Å².